The molecule has 0 saturated carbocycles. The van der Waals surface area contributed by atoms with E-state index in [0.29, 0.717) is 22.3 Å². The van der Waals surface area contributed by atoms with Crippen LogP contribution >= 0.6 is 23.2 Å². The number of hydrogen-bond acceptors (Lipinski definition) is 2. The molecule has 0 atom stereocenters. The molecule has 1 amide bonds. The molecule has 0 aromatic heterocycles. The number of amides is 1. The summed E-state index contributed by atoms with van der Waals surface area (Å²) in [7, 11) is 0. The predicted octanol–water partition coefficient (Wildman–Crippen LogP) is 4.68. The maximum Gasteiger partial charge on any atom is 0.414 e. The second-order valence-electron chi connectivity index (χ2n) is 5.59. The van der Waals surface area contributed by atoms with Crippen LogP contribution in [-0.4, -0.2) is 18.2 Å². The van der Waals surface area contributed by atoms with Crippen molar-refractivity contribution in [2.24, 2.45) is 0 Å². The van der Waals surface area contributed by atoms with Crippen molar-refractivity contribution in [1.29, 1.82) is 0 Å². The Morgan fingerprint density at radius 3 is 2.53 bits per heavy atom. The summed E-state index contributed by atoms with van der Waals surface area (Å²) in [5.41, 5.74) is 1.08. The SMILES string of the molecule is CC(C)(C)OC(=O)N1CCCc2c(Cl)ccc(Cl)c21. The second kappa shape index (κ2) is 5.22. The molecule has 0 radical (unpaired) electrons. The number of benzene rings is 1. The van der Waals surface area contributed by atoms with Gasteiger partial charge in [-0.1, -0.05) is 23.2 Å². The highest BCUT2D eigenvalue weighted by atomic mass is 35.5. The number of halogens is 2. The van der Waals surface area contributed by atoms with Gasteiger partial charge >= 0.3 is 6.09 Å². The summed E-state index contributed by atoms with van der Waals surface area (Å²) in [5, 5.41) is 1.18. The van der Waals surface area contributed by atoms with Crippen LogP contribution in [0.1, 0.15) is 32.8 Å². The fourth-order valence-electron chi connectivity index (χ4n) is 2.14. The Bertz CT molecular complexity index is 509. The summed E-state index contributed by atoms with van der Waals surface area (Å²) in [4.78, 5) is 13.8. The Hall–Kier alpha value is -0.930. The molecule has 2 rings (SSSR count). The van der Waals surface area contributed by atoms with Crippen molar-refractivity contribution in [3.05, 3.63) is 27.7 Å². The fraction of sp³-hybridized carbons (Fsp3) is 0.500. The van der Waals surface area contributed by atoms with Crippen molar-refractivity contribution in [1.82, 2.24) is 0 Å². The highest BCUT2D eigenvalue weighted by Crippen LogP contribution is 2.39. The van der Waals surface area contributed by atoms with Crippen LogP contribution in [0.5, 0.6) is 0 Å². The van der Waals surface area contributed by atoms with E-state index in [-0.39, 0.29) is 6.09 Å². The van der Waals surface area contributed by atoms with Crippen LogP contribution in [0.25, 0.3) is 0 Å². The van der Waals surface area contributed by atoms with Crippen molar-refractivity contribution in [2.45, 2.75) is 39.2 Å². The minimum absolute atomic E-state index is 0.377. The van der Waals surface area contributed by atoms with Gasteiger partial charge in [-0.25, -0.2) is 4.79 Å². The molecule has 1 aliphatic heterocycles. The van der Waals surface area contributed by atoms with E-state index in [1.165, 1.54) is 0 Å². The van der Waals surface area contributed by atoms with Gasteiger partial charge in [0.1, 0.15) is 5.60 Å². The Morgan fingerprint density at radius 2 is 1.89 bits per heavy atom. The minimum atomic E-state index is -0.528. The van der Waals surface area contributed by atoms with E-state index in [2.05, 4.69) is 0 Å². The number of carbonyl (C=O) groups is 1. The number of anilines is 1. The average molecular weight is 302 g/mol. The molecule has 1 aliphatic rings. The van der Waals surface area contributed by atoms with Crippen LogP contribution in [0.15, 0.2) is 12.1 Å². The molecule has 0 fully saturated rings. The number of ether oxygens (including phenoxy) is 1. The first-order chi connectivity index (χ1) is 8.79. The molecule has 0 unspecified atom stereocenters. The van der Waals surface area contributed by atoms with Gasteiger partial charge in [0.25, 0.3) is 0 Å². The second-order valence-corrected chi connectivity index (χ2v) is 6.41. The third-order valence-corrected chi connectivity index (χ3v) is 3.53. The summed E-state index contributed by atoms with van der Waals surface area (Å²) >= 11 is 12.4. The quantitative estimate of drug-likeness (QED) is 0.696. The average Bonchev–Trinajstić information content (AvgIpc) is 2.31. The van der Waals surface area contributed by atoms with Crippen LogP contribution in [0.4, 0.5) is 10.5 Å². The van der Waals surface area contributed by atoms with Gasteiger partial charge in [-0.05, 0) is 51.3 Å². The normalized spacial score (nSPS) is 15.1. The molecular weight excluding hydrogens is 285 g/mol. The van der Waals surface area contributed by atoms with Crippen molar-refractivity contribution in [3.63, 3.8) is 0 Å². The van der Waals surface area contributed by atoms with Crippen LogP contribution in [0.3, 0.4) is 0 Å². The maximum atomic E-state index is 12.2. The van der Waals surface area contributed by atoms with Crippen LogP contribution in [0, 0.1) is 0 Å². The summed E-state index contributed by atoms with van der Waals surface area (Å²) < 4.78 is 5.41. The molecule has 0 bridgehead atoms. The number of hydrogen-bond donors (Lipinski definition) is 0. The molecule has 1 aromatic rings. The highest BCUT2D eigenvalue weighted by molar-refractivity contribution is 6.36. The molecule has 104 valence electrons. The van der Waals surface area contributed by atoms with Gasteiger partial charge < -0.3 is 4.74 Å². The summed E-state index contributed by atoms with van der Waals surface area (Å²) in [6, 6.07) is 3.48. The van der Waals surface area contributed by atoms with Crippen LogP contribution in [0.2, 0.25) is 10.0 Å². The van der Waals surface area contributed by atoms with Gasteiger partial charge in [0.15, 0.2) is 0 Å². The molecule has 0 spiro atoms. The van der Waals surface area contributed by atoms with E-state index >= 15 is 0 Å². The first-order valence-corrected chi connectivity index (χ1v) is 7.02. The molecule has 0 aliphatic carbocycles. The third-order valence-electron chi connectivity index (χ3n) is 2.87. The lowest BCUT2D eigenvalue weighted by Gasteiger charge is -2.32. The molecule has 0 saturated heterocycles. The van der Waals surface area contributed by atoms with Gasteiger partial charge in [0, 0.05) is 11.6 Å². The topological polar surface area (TPSA) is 29.5 Å². The van der Waals surface area contributed by atoms with Gasteiger partial charge in [-0.2, -0.15) is 0 Å². The van der Waals surface area contributed by atoms with Gasteiger partial charge in [0.2, 0.25) is 0 Å². The predicted molar refractivity (Wildman–Crippen MR) is 78.4 cm³/mol. The smallest absolute Gasteiger partial charge is 0.414 e. The number of nitrogens with zero attached hydrogens (tertiary/aromatic N) is 1. The van der Waals surface area contributed by atoms with E-state index in [0.717, 1.165) is 18.4 Å². The molecule has 5 heteroatoms. The molecule has 1 heterocycles. The Kier molecular flexibility index (Phi) is 3.98. The maximum absolute atomic E-state index is 12.2. The molecule has 0 N–H and O–H groups in total. The summed E-state index contributed by atoms with van der Waals surface area (Å²) in [5.74, 6) is 0. The molecular formula is C14H17Cl2NO2. The van der Waals surface area contributed by atoms with Crippen molar-refractivity contribution < 1.29 is 9.53 Å². The van der Waals surface area contributed by atoms with Gasteiger partial charge in [-0.3, -0.25) is 4.90 Å². The fourth-order valence-corrected chi connectivity index (χ4v) is 2.66. The lowest BCUT2D eigenvalue weighted by molar-refractivity contribution is 0.0578. The van der Waals surface area contributed by atoms with E-state index in [9.17, 15) is 4.79 Å². The number of fused-ring (bicyclic) bond motifs is 1. The van der Waals surface area contributed by atoms with E-state index in [1.54, 1.807) is 17.0 Å². The largest absolute Gasteiger partial charge is 0.443 e. The van der Waals surface area contributed by atoms with E-state index in [4.69, 9.17) is 27.9 Å². The minimum Gasteiger partial charge on any atom is -0.443 e. The van der Waals surface area contributed by atoms with Crippen LogP contribution < -0.4 is 4.90 Å². The zero-order chi connectivity index (χ0) is 14.2. The highest BCUT2D eigenvalue weighted by Gasteiger charge is 2.30. The van der Waals surface area contributed by atoms with Crippen molar-refractivity contribution in [2.75, 3.05) is 11.4 Å². The molecule has 3 nitrogen and oxygen atoms in total. The summed E-state index contributed by atoms with van der Waals surface area (Å²) in [6.45, 7) is 6.13. The standard InChI is InChI=1S/C14H17Cl2NO2/c1-14(2,3)19-13(18)17-8-4-5-9-10(15)6-7-11(16)12(9)17/h6-7H,4-5,8H2,1-3H3. The first-order valence-electron chi connectivity index (χ1n) is 6.27. The van der Waals surface area contributed by atoms with Crippen molar-refractivity contribution >= 4 is 35.0 Å². The summed E-state index contributed by atoms with van der Waals surface area (Å²) in [6.07, 6.45) is 1.30. The molecule has 1 aromatic carbocycles. The Balaban J connectivity index is 2.37. The first kappa shape index (κ1) is 14.5. The lowest BCUT2D eigenvalue weighted by atomic mass is 10.0. The zero-order valence-corrected chi connectivity index (χ0v) is 12.8. The van der Waals surface area contributed by atoms with Crippen LogP contribution in [-0.2, 0) is 11.2 Å². The Labute approximate surface area is 123 Å². The molecule has 19 heavy (non-hydrogen) atoms. The van der Waals surface area contributed by atoms with Gasteiger partial charge in [-0.15, -0.1) is 0 Å². The lowest BCUT2D eigenvalue weighted by Crippen LogP contribution is -2.40. The monoisotopic (exact) mass is 301 g/mol. The third kappa shape index (κ3) is 3.15. The van der Waals surface area contributed by atoms with E-state index < -0.39 is 5.60 Å². The number of carbonyl (C=O) groups excluding carboxylic acids is 1. The zero-order valence-electron chi connectivity index (χ0n) is 11.3. The number of rotatable bonds is 0. The van der Waals surface area contributed by atoms with Gasteiger partial charge in [0.05, 0.1) is 10.7 Å². The van der Waals surface area contributed by atoms with E-state index in [1.807, 2.05) is 20.8 Å². The van der Waals surface area contributed by atoms with Crippen molar-refractivity contribution in [3.8, 4) is 0 Å². The Morgan fingerprint density at radius 1 is 1.26 bits per heavy atom.